The second-order valence-corrected chi connectivity index (χ2v) is 7.02. The van der Waals surface area contributed by atoms with Gasteiger partial charge in [0.25, 0.3) is 5.56 Å². The lowest BCUT2D eigenvalue weighted by molar-refractivity contribution is -0.130. The van der Waals surface area contributed by atoms with Crippen LogP contribution in [-0.4, -0.2) is 41.0 Å². The van der Waals surface area contributed by atoms with Gasteiger partial charge < -0.3 is 14.6 Å². The monoisotopic (exact) mass is 379 g/mol. The van der Waals surface area contributed by atoms with Crippen molar-refractivity contribution in [3.8, 4) is 5.75 Å². The number of carbonyl (C=O) groups is 1. The van der Waals surface area contributed by atoms with E-state index >= 15 is 0 Å². The minimum Gasteiger partial charge on any atom is -0.492 e. The Morgan fingerprint density at radius 3 is 2.61 bits per heavy atom. The van der Waals surface area contributed by atoms with Crippen LogP contribution < -0.4 is 10.3 Å². The van der Waals surface area contributed by atoms with Crippen molar-refractivity contribution in [2.24, 2.45) is 0 Å². The zero-order chi connectivity index (χ0) is 20.1. The van der Waals surface area contributed by atoms with Gasteiger partial charge in [0, 0.05) is 19.9 Å². The van der Waals surface area contributed by atoms with Crippen LogP contribution in [0.25, 0.3) is 10.9 Å². The number of nitrogens with zero attached hydrogens (tertiary/aromatic N) is 2. The topological polar surface area (TPSA) is 75.3 Å². The Kier molecular flexibility index (Phi) is 6.09. The van der Waals surface area contributed by atoms with E-state index in [1.165, 1.54) is 0 Å². The van der Waals surface area contributed by atoms with Crippen molar-refractivity contribution in [2.75, 3.05) is 20.2 Å². The number of amides is 1. The van der Waals surface area contributed by atoms with E-state index in [0.29, 0.717) is 36.3 Å². The number of hydrogen-bond donors (Lipinski definition) is 1. The number of aromatic nitrogens is 2. The van der Waals surface area contributed by atoms with Crippen molar-refractivity contribution in [3.63, 3.8) is 0 Å². The molecule has 1 heterocycles. The van der Waals surface area contributed by atoms with Gasteiger partial charge >= 0.3 is 0 Å². The van der Waals surface area contributed by atoms with E-state index in [1.807, 2.05) is 32.0 Å². The molecule has 6 heteroatoms. The fourth-order valence-electron chi connectivity index (χ4n) is 3.11. The Balaban J connectivity index is 1.51. The van der Waals surface area contributed by atoms with Gasteiger partial charge in [0.2, 0.25) is 5.91 Å². The van der Waals surface area contributed by atoms with E-state index in [4.69, 9.17) is 4.74 Å². The van der Waals surface area contributed by atoms with Crippen LogP contribution in [0.3, 0.4) is 0 Å². The lowest BCUT2D eigenvalue weighted by Crippen LogP contribution is -2.31. The summed E-state index contributed by atoms with van der Waals surface area (Å²) < 4.78 is 5.76. The molecule has 6 nitrogen and oxygen atoms in total. The van der Waals surface area contributed by atoms with Gasteiger partial charge in [0.15, 0.2) is 0 Å². The van der Waals surface area contributed by atoms with E-state index in [1.54, 1.807) is 30.1 Å². The molecule has 3 aromatic rings. The first-order chi connectivity index (χ1) is 13.4. The maximum absolute atomic E-state index is 12.4. The van der Waals surface area contributed by atoms with Crippen LogP contribution in [-0.2, 0) is 11.2 Å². The molecule has 2 aromatic carbocycles. The molecule has 1 aromatic heterocycles. The van der Waals surface area contributed by atoms with Crippen molar-refractivity contribution < 1.29 is 9.53 Å². The van der Waals surface area contributed by atoms with Gasteiger partial charge in [-0.05, 0) is 49.2 Å². The average molecular weight is 379 g/mol. The molecular weight excluding hydrogens is 354 g/mol. The normalized spacial score (nSPS) is 10.8. The number of fused-ring (bicyclic) bond motifs is 1. The number of para-hydroxylation sites is 1. The van der Waals surface area contributed by atoms with Crippen molar-refractivity contribution in [2.45, 2.75) is 26.7 Å². The van der Waals surface area contributed by atoms with Crippen LogP contribution >= 0.6 is 0 Å². The molecule has 0 radical (unpaired) electrons. The van der Waals surface area contributed by atoms with Crippen LogP contribution in [0.15, 0.2) is 47.3 Å². The molecule has 0 bridgehead atoms. The molecule has 0 aliphatic carbocycles. The molecule has 0 aliphatic heterocycles. The van der Waals surface area contributed by atoms with E-state index in [9.17, 15) is 9.59 Å². The average Bonchev–Trinajstić information content (AvgIpc) is 2.65. The Morgan fingerprint density at radius 2 is 1.86 bits per heavy atom. The first-order valence-corrected chi connectivity index (χ1v) is 9.35. The van der Waals surface area contributed by atoms with Crippen LogP contribution in [0.1, 0.15) is 23.4 Å². The van der Waals surface area contributed by atoms with Gasteiger partial charge in [0.1, 0.15) is 18.2 Å². The Bertz CT molecular complexity index is 1020. The summed E-state index contributed by atoms with van der Waals surface area (Å²) in [6, 6.07) is 13.2. The third-order valence-electron chi connectivity index (χ3n) is 4.55. The van der Waals surface area contributed by atoms with E-state index in [-0.39, 0.29) is 17.9 Å². The van der Waals surface area contributed by atoms with Gasteiger partial charge in [0.05, 0.1) is 17.4 Å². The first-order valence-electron chi connectivity index (χ1n) is 9.35. The van der Waals surface area contributed by atoms with Crippen molar-refractivity contribution >= 4 is 16.8 Å². The summed E-state index contributed by atoms with van der Waals surface area (Å²) in [7, 11) is 1.75. The molecule has 3 rings (SSSR count). The van der Waals surface area contributed by atoms with Gasteiger partial charge in [-0.1, -0.05) is 18.2 Å². The van der Waals surface area contributed by atoms with Crippen LogP contribution in [0.2, 0.25) is 0 Å². The number of H-pyrrole nitrogens is 1. The van der Waals surface area contributed by atoms with Crippen molar-refractivity contribution in [1.82, 2.24) is 14.9 Å². The standard InChI is InChI=1S/C22H25N3O3/c1-15-12-16(2)14-17(13-15)28-11-10-25(3)21(26)9-8-20-23-19-7-5-4-6-18(19)22(27)24-20/h4-7,12-14H,8-11H2,1-3H3,(H,23,24,27). The molecule has 0 fully saturated rings. The Labute approximate surface area is 164 Å². The van der Waals surface area contributed by atoms with Gasteiger partial charge in [-0.3, -0.25) is 9.59 Å². The molecule has 0 atom stereocenters. The van der Waals surface area contributed by atoms with Crippen LogP contribution in [0.5, 0.6) is 5.75 Å². The Morgan fingerprint density at radius 1 is 1.14 bits per heavy atom. The van der Waals surface area contributed by atoms with Gasteiger partial charge in [-0.2, -0.15) is 0 Å². The summed E-state index contributed by atoms with van der Waals surface area (Å²) in [5.74, 6) is 1.33. The smallest absolute Gasteiger partial charge is 0.258 e. The number of rotatable bonds is 7. The van der Waals surface area contributed by atoms with Crippen molar-refractivity contribution in [3.05, 3.63) is 69.8 Å². The minimum absolute atomic E-state index is 0.0140. The first kappa shape index (κ1) is 19.6. The Hall–Kier alpha value is -3.15. The molecule has 1 amide bonds. The quantitative estimate of drug-likeness (QED) is 0.685. The second-order valence-electron chi connectivity index (χ2n) is 7.02. The molecule has 1 N–H and O–H groups in total. The molecule has 28 heavy (non-hydrogen) atoms. The third-order valence-corrected chi connectivity index (χ3v) is 4.55. The summed E-state index contributed by atoms with van der Waals surface area (Å²) in [5, 5.41) is 0.554. The number of likely N-dealkylation sites (N-methyl/N-ethyl adjacent to an activating group) is 1. The predicted octanol–water partition coefficient (Wildman–Crippen LogP) is 3.01. The lowest BCUT2D eigenvalue weighted by atomic mass is 10.1. The zero-order valence-corrected chi connectivity index (χ0v) is 16.5. The summed E-state index contributed by atoms with van der Waals surface area (Å²) in [6.45, 7) is 4.98. The van der Waals surface area contributed by atoms with Crippen LogP contribution in [0, 0.1) is 13.8 Å². The highest BCUT2D eigenvalue weighted by atomic mass is 16.5. The fourth-order valence-corrected chi connectivity index (χ4v) is 3.11. The summed E-state index contributed by atoms with van der Waals surface area (Å²) in [6.07, 6.45) is 0.669. The molecule has 146 valence electrons. The molecule has 0 saturated carbocycles. The van der Waals surface area contributed by atoms with Crippen molar-refractivity contribution in [1.29, 1.82) is 0 Å². The minimum atomic E-state index is -0.178. The number of hydrogen-bond acceptors (Lipinski definition) is 4. The number of nitrogens with one attached hydrogen (secondary N) is 1. The van der Waals surface area contributed by atoms with E-state index in [2.05, 4.69) is 16.0 Å². The van der Waals surface area contributed by atoms with E-state index in [0.717, 1.165) is 16.9 Å². The predicted molar refractivity (Wildman–Crippen MR) is 110 cm³/mol. The molecule has 0 unspecified atom stereocenters. The number of benzene rings is 2. The summed E-state index contributed by atoms with van der Waals surface area (Å²) in [4.78, 5) is 33.3. The molecular formula is C22H25N3O3. The maximum atomic E-state index is 12.4. The van der Waals surface area contributed by atoms with Gasteiger partial charge in [-0.15, -0.1) is 0 Å². The number of aryl methyl sites for hydroxylation is 3. The van der Waals surface area contributed by atoms with Gasteiger partial charge in [-0.25, -0.2) is 4.98 Å². The number of ether oxygens (including phenoxy) is 1. The summed E-state index contributed by atoms with van der Waals surface area (Å²) >= 11 is 0. The zero-order valence-electron chi connectivity index (χ0n) is 16.5. The highest BCUT2D eigenvalue weighted by Gasteiger charge is 2.11. The highest BCUT2D eigenvalue weighted by Crippen LogP contribution is 2.16. The number of aromatic amines is 1. The molecule has 0 spiro atoms. The SMILES string of the molecule is Cc1cc(C)cc(OCCN(C)C(=O)CCc2nc3ccccc3c(=O)[nH]2)c1. The fraction of sp³-hybridized carbons (Fsp3) is 0.318. The van der Waals surface area contributed by atoms with E-state index < -0.39 is 0 Å². The highest BCUT2D eigenvalue weighted by molar-refractivity contribution is 5.78. The lowest BCUT2D eigenvalue weighted by Gasteiger charge is -2.17. The van der Waals surface area contributed by atoms with Crippen LogP contribution in [0.4, 0.5) is 0 Å². The number of carbonyl (C=O) groups excluding carboxylic acids is 1. The third kappa shape index (κ3) is 4.97. The maximum Gasteiger partial charge on any atom is 0.258 e. The molecule has 0 aliphatic rings. The second kappa shape index (κ2) is 8.69. The molecule has 0 saturated heterocycles. The summed E-state index contributed by atoms with van der Waals surface area (Å²) in [5.41, 5.74) is 2.76. The largest absolute Gasteiger partial charge is 0.492 e.